The van der Waals surface area contributed by atoms with Gasteiger partial charge in [-0.1, -0.05) is 54.2 Å². The summed E-state index contributed by atoms with van der Waals surface area (Å²) in [6, 6.07) is 9.60. The van der Waals surface area contributed by atoms with Gasteiger partial charge in [0, 0.05) is 18.6 Å². The minimum atomic E-state index is -1.86. The van der Waals surface area contributed by atoms with Crippen molar-refractivity contribution in [1.29, 1.82) is 0 Å². The van der Waals surface area contributed by atoms with Gasteiger partial charge in [-0.05, 0) is 72.4 Å². The summed E-state index contributed by atoms with van der Waals surface area (Å²) in [6.45, 7) is 6.38. The smallest absolute Gasteiger partial charge is 0.375 e. The molecule has 0 aromatic rings. The molecule has 138 valence electrons. The predicted molar refractivity (Wildman–Crippen MR) is 115 cm³/mol. The zero-order chi connectivity index (χ0) is 19.2. The first-order chi connectivity index (χ1) is 12.9. The fourth-order valence-electron chi connectivity index (χ4n) is 4.06. The van der Waals surface area contributed by atoms with Crippen molar-refractivity contribution >= 4 is 26.6 Å². The van der Waals surface area contributed by atoms with Crippen molar-refractivity contribution in [3.05, 3.63) is 64.1 Å². The second kappa shape index (κ2) is 6.72. The first-order valence-electron chi connectivity index (χ1n) is 9.73. The normalized spacial score (nSPS) is 15.3. The van der Waals surface area contributed by atoms with E-state index in [9.17, 15) is 4.46 Å². The number of rotatable bonds is 3. The highest BCUT2D eigenvalue weighted by Crippen LogP contribution is 2.27. The van der Waals surface area contributed by atoms with Crippen molar-refractivity contribution in [3.63, 3.8) is 0 Å². The largest absolute Gasteiger partial charge is 0.399 e. The minimum Gasteiger partial charge on any atom is -0.375 e. The summed E-state index contributed by atoms with van der Waals surface area (Å²) >= 11 is 0. The Bertz CT molecular complexity index is 1070. The Balaban J connectivity index is 1.90. The lowest BCUT2D eigenvalue weighted by Crippen LogP contribution is -2.44. The van der Waals surface area contributed by atoms with Crippen LogP contribution in [0.25, 0.3) is 28.9 Å². The first-order valence-corrected chi connectivity index (χ1v) is 11.3. The van der Waals surface area contributed by atoms with Crippen LogP contribution < -0.4 is 10.4 Å². The lowest BCUT2D eigenvalue weighted by molar-refractivity contribution is 0.275. The van der Waals surface area contributed by atoms with Crippen molar-refractivity contribution in [3.8, 4) is 11.1 Å². The van der Waals surface area contributed by atoms with Gasteiger partial charge in [0.25, 0.3) is 0 Å². The van der Waals surface area contributed by atoms with E-state index in [0.29, 0.717) is 6.04 Å². The average Bonchev–Trinajstić information content (AvgIpc) is 2.88. The summed E-state index contributed by atoms with van der Waals surface area (Å²) in [7, 11) is 0.125. The van der Waals surface area contributed by atoms with Gasteiger partial charge < -0.3 is 9.03 Å². The fourth-order valence-corrected chi connectivity index (χ4v) is 5.73. The minimum absolute atomic E-state index is 0.0827. The average molecular weight is 374 g/mol. The van der Waals surface area contributed by atoms with E-state index < -0.39 is 8.84 Å². The molecule has 0 spiro atoms. The summed E-state index contributed by atoms with van der Waals surface area (Å²) in [5.41, 5.74) is 6.54. The molecule has 4 aliphatic rings. The van der Waals surface area contributed by atoms with Crippen LogP contribution in [-0.4, -0.2) is 26.0 Å². The van der Waals surface area contributed by atoms with Gasteiger partial charge in [-0.15, -0.1) is 0 Å². The molecule has 0 aromatic carbocycles. The highest BCUT2D eigenvalue weighted by molar-refractivity contribution is 6.42. The first kappa shape index (κ1) is 18.1. The third-order valence-electron chi connectivity index (χ3n) is 5.85. The molecule has 0 atom stereocenters. The van der Waals surface area contributed by atoms with Gasteiger partial charge in [-0.2, -0.15) is 0 Å². The molecule has 4 aliphatic carbocycles. The van der Waals surface area contributed by atoms with Gasteiger partial charge in [0.05, 0.1) is 0 Å². The molecule has 4 rings (SSSR count). The van der Waals surface area contributed by atoms with Crippen molar-refractivity contribution in [2.75, 3.05) is 7.05 Å². The molecule has 0 bridgehead atoms. The Hall–Kier alpha value is -2.26. The van der Waals surface area contributed by atoms with Gasteiger partial charge in [0.1, 0.15) is 0 Å². The molecule has 0 aliphatic heterocycles. The highest BCUT2D eigenvalue weighted by Gasteiger charge is 2.26. The summed E-state index contributed by atoms with van der Waals surface area (Å²) in [6.07, 6.45) is 12.9. The maximum absolute atomic E-state index is 13.1. The van der Waals surface area contributed by atoms with Crippen molar-refractivity contribution in [2.45, 2.75) is 45.2 Å². The molecule has 2 nitrogen and oxygen atoms in total. The van der Waals surface area contributed by atoms with E-state index in [1.807, 2.05) is 7.05 Å². The molecule has 0 saturated heterocycles. The van der Waals surface area contributed by atoms with Gasteiger partial charge in [-0.3, -0.25) is 0 Å². The molecule has 0 fully saturated rings. The van der Waals surface area contributed by atoms with Crippen LogP contribution in [0, 0.1) is 0 Å². The highest BCUT2D eigenvalue weighted by atomic mass is 28.3. The van der Waals surface area contributed by atoms with E-state index >= 15 is 0 Å². The van der Waals surface area contributed by atoms with Gasteiger partial charge in [0.15, 0.2) is 0 Å². The molecule has 0 radical (unpaired) electrons. The Kier molecular flexibility index (Phi) is 4.51. The lowest BCUT2D eigenvalue weighted by Gasteiger charge is -2.32. The zero-order valence-electron chi connectivity index (χ0n) is 16.7. The molecule has 3 heteroatoms. The van der Waals surface area contributed by atoms with E-state index in [2.05, 4.69) is 80.0 Å². The molecular formula is C24H27NOSi. The maximum Gasteiger partial charge on any atom is 0.399 e. The van der Waals surface area contributed by atoms with Gasteiger partial charge in [-0.25, -0.2) is 0 Å². The SMILES string of the molecule is CN([Si](=O)CC1=c2c(cccc3c4c(cc2-3)=CC=CC4)C=CC1)C(C)(C)C. The molecule has 0 N–H and O–H groups in total. The van der Waals surface area contributed by atoms with E-state index in [4.69, 9.17) is 0 Å². The van der Waals surface area contributed by atoms with Crippen molar-refractivity contribution < 1.29 is 4.46 Å². The van der Waals surface area contributed by atoms with Crippen LogP contribution in [0.4, 0.5) is 0 Å². The molecule has 0 amide bonds. The van der Waals surface area contributed by atoms with E-state index in [0.717, 1.165) is 12.8 Å². The fraction of sp³-hybridized carbons (Fsp3) is 0.333. The molecule has 27 heavy (non-hydrogen) atoms. The quantitative estimate of drug-likeness (QED) is 0.761. The van der Waals surface area contributed by atoms with Gasteiger partial charge >= 0.3 is 8.84 Å². The standard InChI is InChI=1S/C24H27NOSi/c1-24(2,3)25(4)27(26)16-19-12-7-10-17-11-8-14-21-20-13-6-5-9-18(20)15-22(21)23(17)19/h5-11,14-15H,12-13,16H2,1-4H3. The van der Waals surface area contributed by atoms with Crippen LogP contribution in [0.3, 0.4) is 0 Å². The Labute approximate surface area is 163 Å². The second-order valence-electron chi connectivity index (χ2n) is 8.57. The van der Waals surface area contributed by atoms with E-state index in [1.54, 1.807) is 0 Å². The monoisotopic (exact) mass is 373 g/mol. The molecule has 0 unspecified atom stereocenters. The maximum atomic E-state index is 13.1. The third-order valence-corrected chi connectivity index (χ3v) is 8.00. The Morgan fingerprint density at radius 2 is 1.93 bits per heavy atom. The molecular weight excluding hydrogens is 346 g/mol. The Morgan fingerprint density at radius 3 is 2.70 bits per heavy atom. The summed E-state index contributed by atoms with van der Waals surface area (Å²) < 4.78 is 15.2. The summed E-state index contributed by atoms with van der Waals surface area (Å²) in [4.78, 5) is 0. The van der Waals surface area contributed by atoms with Crippen LogP contribution in [-0.2, 0) is 10.9 Å². The second-order valence-corrected chi connectivity index (χ2v) is 10.4. The third kappa shape index (κ3) is 3.25. The zero-order valence-corrected chi connectivity index (χ0v) is 17.7. The number of hydrogen-bond acceptors (Lipinski definition) is 1. The van der Waals surface area contributed by atoms with Crippen LogP contribution in [0.5, 0.6) is 0 Å². The van der Waals surface area contributed by atoms with E-state index in [1.165, 1.54) is 38.3 Å². The predicted octanol–water partition coefficient (Wildman–Crippen LogP) is 3.90. The summed E-state index contributed by atoms with van der Waals surface area (Å²) in [5, 5.41) is 2.63. The lowest BCUT2D eigenvalue weighted by atomic mass is 9.96. The van der Waals surface area contributed by atoms with Crippen LogP contribution >= 0.6 is 0 Å². The number of allylic oxidation sites excluding steroid dienone is 3. The van der Waals surface area contributed by atoms with Gasteiger partial charge in [0.2, 0.25) is 0 Å². The van der Waals surface area contributed by atoms with Crippen molar-refractivity contribution in [2.24, 2.45) is 0 Å². The summed E-state index contributed by atoms with van der Waals surface area (Å²) in [5.74, 6) is 0. The van der Waals surface area contributed by atoms with Crippen LogP contribution in [0.15, 0.2) is 42.5 Å². The number of fused-ring (bicyclic) bond motifs is 5. The number of nitrogens with zero attached hydrogens (tertiary/aromatic N) is 1. The number of hydrogen-bond donors (Lipinski definition) is 0. The Morgan fingerprint density at radius 1 is 1.11 bits per heavy atom. The van der Waals surface area contributed by atoms with Crippen LogP contribution in [0.1, 0.15) is 38.3 Å². The molecule has 0 aromatic heterocycles. The van der Waals surface area contributed by atoms with Crippen molar-refractivity contribution in [1.82, 2.24) is 4.57 Å². The molecule has 0 saturated carbocycles. The topological polar surface area (TPSA) is 20.3 Å². The molecule has 0 heterocycles. The van der Waals surface area contributed by atoms with Crippen LogP contribution in [0.2, 0.25) is 6.04 Å². The van der Waals surface area contributed by atoms with E-state index in [-0.39, 0.29) is 5.54 Å².